The van der Waals surface area contributed by atoms with Crippen molar-refractivity contribution in [2.75, 3.05) is 5.73 Å². The standard InChI is InChI=1S/C7H5ClN4O2/c8-3-1-2-10-6-4(7(13)14)5(9)11-12(3)6/h1-2H,(H2,9,11)(H,13,14). The number of aromatic carboxylic acids is 1. The van der Waals surface area contributed by atoms with E-state index in [0.29, 0.717) is 0 Å². The zero-order valence-corrected chi connectivity index (χ0v) is 7.56. The number of hydrogen-bond acceptors (Lipinski definition) is 4. The first-order valence-corrected chi connectivity index (χ1v) is 4.01. The molecular formula is C7H5ClN4O2. The Labute approximate surface area is 82.9 Å². The molecular weight excluding hydrogens is 208 g/mol. The molecule has 0 aliphatic carbocycles. The van der Waals surface area contributed by atoms with Crippen molar-refractivity contribution in [2.45, 2.75) is 0 Å². The monoisotopic (exact) mass is 212 g/mol. The Bertz CT molecular complexity index is 522. The Balaban J connectivity index is 2.90. The summed E-state index contributed by atoms with van der Waals surface area (Å²) in [5.74, 6) is -1.27. The fourth-order valence-corrected chi connectivity index (χ4v) is 1.31. The van der Waals surface area contributed by atoms with Gasteiger partial charge in [-0.3, -0.25) is 0 Å². The predicted octanol–water partition coefficient (Wildman–Crippen LogP) is 0.663. The summed E-state index contributed by atoms with van der Waals surface area (Å²) < 4.78 is 1.18. The Kier molecular flexibility index (Phi) is 1.78. The van der Waals surface area contributed by atoms with Crippen molar-refractivity contribution in [2.24, 2.45) is 0 Å². The minimum Gasteiger partial charge on any atom is -0.477 e. The second-order valence-electron chi connectivity index (χ2n) is 2.57. The van der Waals surface area contributed by atoms with Gasteiger partial charge < -0.3 is 10.8 Å². The second-order valence-corrected chi connectivity index (χ2v) is 2.96. The number of aromatic nitrogens is 3. The van der Waals surface area contributed by atoms with Crippen LogP contribution >= 0.6 is 11.6 Å². The molecule has 0 fully saturated rings. The van der Waals surface area contributed by atoms with Crippen LogP contribution in [0.15, 0.2) is 12.3 Å². The molecule has 0 aliphatic heterocycles. The van der Waals surface area contributed by atoms with Gasteiger partial charge in [0.2, 0.25) is 0 Å². The molecule has 0 aromatic carbocycles. The maximum absolute atomic E-state index is 10.8. The number of carbonyl (C=O) groups is 1. The van der Waals surface area contributed by atoms with E-state index in [9.17, 15) is 4.79 Å². The molecule has 14 heavy (non-hydrogen) atoms. The van der Waals surface area contributed by atoms with Gasteiger partial charge in [-0.05, 0) is 6.07 Å². The van der Waals surface area contributed by atoms with Gasteiger partial charge in [0.1, 0.15) is 10.7 Å². The summed E-state index contributed by atoms with van der Waals surface area (Å²) in [4.78, 5) is 14.6. The second kappa shape index (κ2) is 2.85. The first kappa shape index (κ1) is 8.76. The maximum Gasteiger partial charge on any atom is 0.343 e. The van der Waals surface area contributed by atoms with Gasteiger partial charge in [-0.15, -0.1) is 5.10 Å². The van der Waals surface area contributed by atoms with Crippen LogP contribution in [0.1, 0.15) is 10.4 Å². The molecule has 2 aromatic rings. The number of nitrogens with zero attached hydrogens (tertiary/aromatic N) is 3. The summed E-state index contributed by atoms with van der Waals surface area (Å²) in [6.45, 7) is 0. The molecule has 0 spiro atoms. The highest BCUT2D eigenvalue weighted by Crippen LogP contribution is 2.18. The molecule has 2 aromatic heterocycles. The molecule has 7 heteroatoms. The van der Waals surface area contributed by atoms with Gasteiger partial charge in [-0.1, -0.05) is 11.6 Å². The van der Waals surface area contributed by atoms with Gasteiger partial charge in [-0.2, -0.15) is 0 Å². The van der Waals surface area contributed by atoms with Crippen molar-refractivity contribution in [3.63, 3.8) is 0 Å². The van der Waals surface area contributed by atoms with Crippen LogP contribution in [0.2, 0.25) is 5.15 Å². The van der Waals surface area contributed by atoms with Crippen molar-refractivity contribution in [1.82, 2.24) is 14.6 Å². The SMILES string of the molecule is Nc1nn2c(Cl)ccnc2c1C(=O)O. The average molecular weight is 213 g/mol. The number of carboxylic acid groups (broad SMARTS) is 1. The Morgan fingerprint density at radius 3 is 3.00 bits per heavy atom. The number of halogens is 1. The van der Waals surface area contributed by atoms with Crippen molar-refractivity contribution < 1.29 is 9.90 Å². The molecule has 72 valence electrons. The number of hydrogen-bond donors (Lipinski definition) is 2. The van der Waals surface area contributed by atoms with E-state index in [2.05, 4.69) is 10.1 Å². The number of nitrogens with two attached hydrogens (primary N) is 1. The van der Waals surface area contributed by atoms with E-state index in [1.54, 1.807) is 0 Å². The Hall–Kier alpha value is -1.82. The zero-order valence-electron chi connectivity index (χ0n) is 6.81. The molecule has 0 aliphatic rings. The normalized spacial score (nSPS) is 10.6. The Morgan fingerprint density at radius 1 is 1.64 bits per heavy atom. The number of carboxylic acids is 1. The quantitative estimate of drug-likeness (QED) is 0.678. The van der Waals surface area contributed by atoms with Gasteiger partial charge >= 0.3 is 5.97 Å². The van der Waals surface area contributed by atoms with Crippen molar-refractivity contribution in [1.29, 1.82) is 0 Å². The van der Waals surface area contributed by atoms with Crippen LogP contribution in [0.5, 0.6) is 0 Å². The minimum atomic E-state index is -1.17. The zero-order chi connectivity index (χ0) is 10.3. The fourth-order valence-electron chi connectivity index (χ4n) is 1.14. The van der Waals surface area contributed by atoms with E-state index in [1.165, 1.54) is 16.8 Å². The summed E-state index contributed by atoms with van der Waals surface area (Å²) in [5, 5.41) is 12.8. The van der Waals surface area contributed by atoms with Gasteiger partial charge in [0.25, 0.3) is 0 Å². The number of nitrogen functional groups attached to an aromatic ring is 1. The molecule has 0 saturated carbocycles. The van der Waals surface area contributed by atoms with E-state index in [0.717, 1.165) is 0 Å². The molecule has 6 nitrogen and oxygen atoms in total. The van der Waals surface area contributed by atoms with Crippen molar-refractivity contribution in [3.8, 4) is 0 Å². The lowest BCUT2D eigenvalue weighted by atomic mass is 10.3. The van der Waals surface area contributed by atoms with E-state index >= 15 is 0 Å². The van der Waals surface area contributed by atoms with E-state index in [4.69, 9.17) is 22.4 Å². The average Bonchev–Trinajstić information content (AvgIpc) is 2.42. The lowest BCUT2D eigenvalue weighted by Gasteiger charge is -1.94. The topological polar surface area (TPSA) is 93.5 Å². The molecule has 3 N–H and O–H groups in total. The van der Waals surface area contributed by atoms with E-state index < -0.39 is 5.97 Å². The highest BCUT2D eigenvalue weighted by atomic mass is 35.5. The van der Waals surface area contributed by atoms with Crippen LogP contribution in [0.4, 0.5) is 5.82 Å². The van der Waals surface area contributed by atoms with Crippen LogP contribution < -0.4 is 5.73 Å². The smallest absolute Gasteiger partial charge is 0.343 e. The molecule has 0 bridgehead atoms. The molecule has 0 unspecified atom stereocenters. The van der Waals surface area contributed by atoms with Crippen molar-refractivity contribution in [3.05, 3.63) is 23.0 Å². The third-order valence-corrected chi connectivity index (χ3v) is 2.00. The summed E-state index contributed by atoms with van der Waals surface area (Å²) in [7, 11) is 0. The minimum absolute atomic E-state index is 0.0990. The molecule has 0 amide bonds. The lowest BCUT2D eigenvalue weighted by Crippen LogP contribution is -2.00. The van der Waals surface area contributed by atoms with Crippen LogP contribution in [-0.2, 0) is 0 Å². The predicted molar refractivity (Wildman–Crippen MR) is 49.4 cm³/mol. The van der Waals surface area contributed by atoms with Gasteiger partial charge in [0.05, 0.1) is 0 Å². The van der Waals surface area contributed by atoms with Crippen LogP contribution in [0.25, 0.3) is 5.65 Å². The number of rotatable bonds is 1. The third-order valence-electron chi connectivity index (χ3n) is 1.71. The van der Waals surface area contributed by atoms with Crippen molar-refractivity contribution >= 4 is 29.0 Å². The number of fused-ring (bicyclic) bond motifs is 1. The van der Waals surface area contributed by atoms with Crippen LogP contribution in [0.3, 0.4) is 0 Å². The van der Waals surface area contributed by atoms with E-state index in [-0.39, 0.29) is 22.2 Å². The molecule has 2 heterocycles. The molecule has 0 atom stereocenters. The summed E-state index contributed by atoms with van der Waals surface area (Å²) in [6, 6.07) is 1.49. The first-order chi connectivity index (χ1) is 6.61. The summed E-state index contributed by atoms with van der Waals surface area (Å²) in [6.07, 6.45) is 1.39. The first-order valence-electron chi connectivity index (χ1n) is 3.63. The highest BCUT2D eigenvalue weighted by Gasteiger charge is 2.18. The highest BCUT2D eigenvalue weighted by molar-refractivity contribution is 6.29. The van der Waals surface area contributed by atoms with Gasteiger partial charge in [-0.25, -0.2) is 14.3 Å². The molecule has 0 radical (unpaired) electrons. The van der Waals surface area contributed by atoms with Crippen LogP contribution in [0, 0.1) is 0 Å². The van der Waals surface area contributed by atoms with Crippen LogP contribution in [-0.4, -0.2) is 25.7 Å². The third kappa shape index (κ3) is 1.08. The maximum atomic E-state index is 10.8. The largest absolute Gasteiger partial charge is 0.477 e. The molecule has 0 saturated heterocycles. The summed E-state index contributed by atoms with van der Waals surface area (Å²) in [5.41, 5.74) is 5.42. The summed E-state index contributed by atoms with van der Waals surface area (Å²) >= 11 is 5.76. The number of anilines is 1. The lowest BCUT2D eigenvalue weighted by molar-refractivity contribution is 0.0700. The van der Waals surface area contributed by atoms with Gasteiger partial charge in [0, 0.05) is 6.20 Å². The fraction of sp³-hybridized carbons (Fsp3) is 0. The Morgan fingerprint density at radius 2 is 2.36 bits per heavy atom. The van der Waals surface area contributed by atoms with E-state index in [1.807, 2.05) is 0 Å². The van der Waals surface area contributed by atoms with Gasteiger partial charge in [0.15, 0.2) is 11.5 Å². The molecule has 2 rings (SSSR count).